The molecule has 2 heterocycles. The Kier molecular flexibility index (Phi) is 4.84. The zero-order valence-corrected chi connectivity index (χ0v) is 15.1. The summed E-state index contributed by atoms with van der Waals surface area (Å²) in [5, 5.41) is 3.26. The molecule has 1 aliphatic rings. The number of hydrogen-bond acceptors (Lipinski definition) is 4. The number of ether oxygens (including phenoxy) is 1. The lowest BCUT2D eigenvalue weighted by molar-refractivity contribution is -0.274. The van der Waals surface area contributed by atoms with Crippen molar-refractivity contribution in [2.45, 2.75) is 19.5 Å². The Morgan fingerprint density at radius 1 is 1.07 bits per heavy atom. The number of rotatable bonds is 5. The Morgan fingerprint density at radius 3 is 2.59 bits per heavy atom. The Bertz CT molecular complexity index is 1040. The van der Waals surface area contributed by atoms with E-state index < -0.39 is 6.36 Å². The monoisotopic (exact) mass is 399 g/mol. The predicted octanol–water partition coefficient (Wildman–Crippen LogP) is 4.75. The van der Waals surface area contributed by atoms with E-state index >= 15 is 0 Å². The number of hydrogen-bond donors (Lipinski definition) is 1. The van der Waals surface area contributed by atoms with Crippen molar-refractivity contribution in [1.29, 1.82) is 0 Å². The molecule has 1 N–H and O–H groups in total. The van der Waals surface area contributed by atoms with Crippen LogP contribution in [0.25, 0.3) is 0 Å². The van der Waals surface area contributed by atoms with Crippen molar-refractivity contribution in [3.8, 4) is 5.75 Å². The number of carbonyl (C=O) groups is 1. The number of alkyl halides is 3. The molecule has 2 aromatic carbocycles. The van der Waals surface area contributed by atoms with Crippen LogP contribution in [0.15, 0.2) is 67.0 Å². The summed E-state index contributed by atoms with van der Waals surface area (Å²) in [4.78, 5) is 18.4. The van der Waals surface area contributed by atoms with Gasteiger partial charge in [-0.3, -0.25) is 9.78 Å². The van der Waals surface area contributed by atoms with Gasteiger partial charge in [-0.05, 0) is 41.5 Å². The third-order valence-corrected chi connectivity index (χ3v) is 4.53. The van der Waals surface area contributed by atoms with E-state index in [2.05, 4.69) is 15.0 Å². The minimum absolute atomic E-state index is 0.272. The molecule has 1 aromatic heterocycles. The van der Waals surface area contributed by atoms with Gasteiger partial charge in [0.1, 0.15) is 5.75 Å². The molecule has 0 unspecified atom stereocenters. The van der Waals surface area contributed by atoms with Crippen LogP contribution in [0.1, 0.15) is 21.5 Å². The zero-order chi connectivity index (χ0) is 20.4. The molecule has 148 valence electrons. The summed E-state index contributed by atoms with van der Waals surface area (Å²) in [6, 6.07) is 14.6. The van der Waals surface area contributed by atoms with Gasteiger partial charge in [-0.25, -0.2) is 0 Å². The van der Waals surface area contributed by atoms with Gasteiger partial charge in [-0.15, -0.1) is 13.2 Å². The number of benzene rings is 2. The normalized spacial score (nSPS) is 13.3. The van der Waals surface area contributed by atoms with Crippen LogP contribution in [0, 0.1) is 0 Å². The maximum atomic E-state index is 13.0. The van der Waals surface area contributed by atoms with Gasteiger partial charge < -0.3 is 15.0 Å². The van der Waals surface area contributed by atoms with Crippen LogP contribution in [0.3, 0.4) is 0 Å². The highest BCUT2D eigenvalue weighted by molar-refractivity contribution is 6.13. The molecule has 0 saturated heterocycles. The van der Waals surface area contributed by atoms with E-state index in [1.54, 1.807) is 18.5 Å². The molecule has 0 spiro atoms. The fraction of sp³-hybridized carbons (Fsp3) is 0.143. The van der Waals surface area contributed by atoms with Crippen LogP contribution < -0.4 is 15.0 Å². The summed E-state index contributed by atoms with van der Waals surface area (Å²) in [6.07, 6.45) is -1.41. The van der Waals surface area contributed by atoms with Gasteiger partial charge in [0.2, 0.25) is 0 Å². The largest absolute Gasteiger partial charge is 0.573 e. The fourth-order valence-corrected chi connectivity index (χ4v) is 3.26. The molecular formula is C21H16F3N3O2. The smallest absolute Gasteiger partial charge is 0.406 e. The molecule has 4 rings (SSSR count). The summed E-state index contributed by atoms with van der Waals surface area (Å²) in [6.45, 7) is 0.787. The van der Waals surface area contributed by atoms with Crippen LogP contribution in [0.2, 0.25) is 0 Å². The first-order valence-corrected chi connectivity index (χ1v) is 8.83. The maximum Gasteiger partial charge on any atom is 0.573 e. The number of anilines is 2. The van der Waals surface area contributed by atoms with Gasteiger partial charge >= 0.3 is 6.36 Å². The molecule has 29 heavy (non-hydrogen) atoms. The minimum Gasteiger partial charge on any atom is -0.406 e. The molecule has 0 radical (unpaired) electrons. The SMILES string of the molecule is O=C1c2c(cccc2NCc2ccncc2)CN1c1cccc(OC(F)(F)F)c1. The van der Waals surface area contributed by atoms with Gasteiger partial charge in [0.25, 0.3) is 5.91 Å². The zero-order valence-electron chi connectivity index (χ0n) is 15.1. The first kappa shape index (κ1) is 18.8. The van der Waals surface area contributed by atoms with Crippen molar-refractivity contribution >= 4 is 17.3 Å². The second-order valence-corrected chi connectivity index (χ2v) is 6.49. The summed E-state index contributed by atoms with van der Waals surface area (Å²) < 4.78 is 41.5. The highest BCUT2D eigenvalue weighted by Crippen LogP contribution is 2.35. The van der Waals surface area contributed by atoms with E-state index in [1.165, 1.54) is 23.1 Å². The average molecular weight is 399 g/mol. The molecule has 8 heteroatoms. The van der Waals surface area contributed by atoms with E-state index in [0.717, 1.165) is 11.1 Å². The van der Waals surface area contributed by atoms with Crippen LogP contribution >= 0.6 is 0 Å². The van der Waals surface area contributed by atoms with Gasteiger partial charge in [0, 0.05) is 36.4 Å². The van der Waals surface area contributed by atoms with E-state index in [4.69, 9.17) is 0 Å². The van der Waals surface area contributed by atoms with E-state index in [0.29, 0.717) is 23.5 Å². The van der Waals surface area contributed by atoms with E-state index in [1.807, 2.05) is 30.3 Å². The summed E-state index contributed by atoms with van der Waals surface area (Å²) in [7, 11) is 0. The Hall–Kier alpha value is -3.55. The molecule has 0 atom stereocenters. The van der Waals surface area contributed by atoms with E-state index in [-0.39, 0.29) is 18.2 Å². The standard InChI is InChI=1S/C21H16F3N3O2/c22-21(23,24)29-17-5-2-4-16(11-17)27-13-15-3-1-6-18(19(15)20(27)28)26-12-14-7-9-25-10-8-14/h1-11,26H,12-13H2. The summed E-state index contributed by atoms with van der Waals surface area (Å²) in [5.74, 6) is -0.642. The van der Waals surface area contributed by atoms with Crippen molar-refractivity contribution in [2.75, 3.05) is 10.2 Å². The molecule has 5 nitrogen and oxygen atoms in total. The van der Waals surface area contributed by atoms with Crippen LogP contribution in [-0.2, 0) is 13.1 Å². The molecule has 0 bridgehead atoms. The quantitative estimate of drug-likeness (QED) is 0.673. The second kappa shape index (κ2) is 7.46. The van der Waals surface area contributed by atoms with Gasteiger partial charge in [0.05, 0.1) is 12.1 Å². The van der Waals surface area contributed by atoms with Crippen molar-refractivity contribution in [3.05, 3.63) is 83.7 Å². The topological polar surface area (TPSA) is 54.5 Å². The molecule has 1 amide bonds. The molecule has 3 aromatic rings. The molecule has 0 aliphatic carbocycles. The third kappa shape index (κ3) is 4.16. The first-order chi connectivity index (χ1) is 13.9. The minimum atomic E-state index is -4.79. The van der Waals surface area contributed by atoms with Gasteiger partial charge in [0.15, 0.2) is 0 Å². The van der Waals surface area contributed by atoms with Crippen LogP contribution in [-0.4, -0.2) is 17.3 Å². The molecule has 1 aliphatic heterocycles. The van der Waals surface area contributed by atoms with Crippen molar-refractivity contribution in [1.82, 2.24) is 4.98 Å². The molecule has 0 saturated carbocycles. The molecular weight excluding hydrogens is 383 g/mol. The van der Waals surface area contributed by atoms with Crippen molar-refractivity contribution in [2.24, 2.45) is 0 Å². The van der Waals surface area contributed by atoms with Crippen LogP contribution in [0.4, 0.5) is 24.5 Å². The van der Waals surface area contributed by atoms with Gasteiger partial charge in [-0.1, -0.05) is 18.2 Å². The number of aromatic nitrogens is 1. The number of nitrogens with one attached hydrogen (secondary N) is 1. The number of nitrogens with zero attached hydrogens (tertiary/aromatic N) is 2. The third-order valence-electron chi connectivity index (χ3n) is 4.53. The van der Waals surface area contributed by atoms with Gasteiger partial charge in [-0.2, -0.15) is 0 Å². The Balaban J connectivity index is 1.57. The fourth-order valence-electron chi connectivity index (χ4n) is 3.26. The predicted molar refractivity (Wildman–Crippen MR) is 102 cm³/mol. The van der Waals surface area contributed by atoms with Crippen molar-refractivity contribution in [3.63, 3.8) is 0 Å². The average Bonchev–Trinajstić information content (AvgIpc) is 3.03. The van der Waals surface area contributed by atoms with Crippen LogP contribution in [0.5, 0.6) is 5.75 Å². The lowest BCUT2D eigenvalue weighted by Gasteiger charge is -2.17. The number of amides is 1. The lowest BCUT2D eigenvalue weighted by Crippen LogP contribution is -2.24. The van der Waals surface area contributed by atoms with E-state index in [9.17, 15) is 18.0 Å². The first-order valence-electron chi connectivity index (χ1n) is 8.83. The second-order valence-electron chi connectivity index (χ2n) is 6.49. The highest BCUT2D eigenvalue weighted by Gasteiger charge is 2.33. The van der Waals surface area contributed by atoms with Crippen molar-refractivity contribution < 1.29 is 22.7 Å². The Morgan fingerprint density at radius 2 is 1.83 bits per heavy atom. The number of fused-ring (bicyclic) bond motifs is 1. The number of halogens is 3. The lowest BCUT2D eigenvalue weighted by atomic mass is 10.1. The summed E-state index contributed by atoms with van der Waals surface area (Å²) >= 11 is 0. The highest BCUT2D eigenvalue weighted by atomic mass is 19.4. The Labute approximate surface area is 164 Å². The number of pyridine rings is 1. The number of carbonyl (C=O) groups excluding carboxylic acids is 1. The molecule has 0 fully saturated rings. The summed E-state index contributed by atoms with van der Waals surface area (Å²) in [5.41, 5.74) is 3.35. The maximum absolute atomic E-state index is 13.0.